The Morgan fingerprint density at radius 3 is 2.56 bits per heavy atom. The zero-order valence-corrected chi connectivity index (χ0v) is 12.9. The molecule has 1 aliphatic rings. The highest BCUT2D eigenvalue weighted by Gasteiger charge is 2.35. The number of hydrogen-bond donors (Lipinski definition) is 2. The molecular weight excluding hydrogens is 224 g/mol. The van der Waals surface area contributed by atoms with Crippen LogP contribution in [0.3, 0.4) is 0 Å². The molecule has 1 rings (SSSR count). The van der Waals surface area contributed by atoms with Crippen molar-refractivity contribution in [1.29, 1.82) is 0 Å². The summed E-state index contributed by atoms with van der Waals surface area (Å²) >= 11 is 0. The van der Waals surface area contributed by atoms with Crippen LogP contribution in [0.2, 0.25) is 0 Å². The standard InChI is InChI=1S/C15H32N2O/c1-6-7-14(4,10-16-13(2)3)11-17-9-8-15(5,18)12-17/h13,16,18H,6-12H2,1-5H3. The maximum Gasteiger partial charge on any atom is 0.0758 e. The molecular formula is C15H32N2O. The van der Waals surface area contributed by atoms with Crippen LogP contribution in [0.25, 0.3) is 0 Å². The number of hydrogen-bond acceptors (Lipinski definition) is 3. The molecule has 0 amide bonds. The Hall–Kier alpha value is -0.120. The molecule has 18 heavy (non-hydrogen) atoms. The van der Waals surface area contributed by atoms with Gasteiger partial charge in [-0.05, 0) is 25.2 Å². The number of nitrogens with one attached hydrogen (secondary N) is 1. The molecule has 1 heterocycles. The first-order valence-electron chi connectivity index (χ1n) is 7.44. The van der Waals surface area contributed by atoms with Crippen molar-refractivity contribution in [2.45, 2.75) is 65.5 Å². The Morgan fingerprint density at radius 2 is 2.11 bits per heavy atom. The molecule has 2 N–H and O–H groups in total. The van der Waals surface area contributed by atoms with E-state index in [2.05, 4.69) is 37.9 Å². The minimum absolute atomic E-state index is 0.319. The Balaban J connectivity index is 2.51. The zero-order chi connectivity index (χ0) is 13.8. The Labute approximate surface area is 113 Å². The highest BCUT2D eigenvalue weighted by Crippen LogP contribution is 2.28. The SMILES string of the molecule is CCCC(C)(CNC(C)C)CN1CCC(C)(O)C1. The molecule has 1 saturated heterocycles. The molecule has 0 aromatic carbocycles. The van der Waals surface area contributed by atoms with Crippen LogP contribution in [-0.4, -0.2) is 47.8 Å². The minimum Gasteiger partial charge on any atom is -0.389 e. The van der Waals surface area contributed by atoms with E-state index >= 15 is 0 Å². The van der Waals surface area contributed by atoms with Crippen molar-refractivity contribution in [1.82, 2.24) is 10.2 Å². The lowest BCUT2D eigenvalue weighted by Crippen LogP contribution is -2.44. The summed E-state index contributed by atoms with van der Waals surface area (Å²) < 4.78 is 0. The topological polar surface area (TPSA) is 35.5 Å². The average molecular weight is 256 g/mol. The van der Waals surface area contributed by atoms with E-state index in [1.54, 1.807) is 0 Å². The van der Waals surface area contributed by atoms with Crippen LogP contribution in [0.5, 0.6) is 0 Å². The normalized spacial score (nSPS) is 28.8. The van der Waals surface area contributed by atoms with Gasteiger partial charge in [0.1, 0.15) is 0 Å². The number of rotatable bonds is 7. The Morgan fingerprint density at radius 1 is 1.44 bits per heavy atom. The quantitative estimate of drug-likeness (QED) is 0.733. The van der Waals surface area contributed by atoms with Crippen molar-refractivity contribution in [2.75, 3.05) is 26.2 Å². The van der Waals surface area contributed by atoms with E-state index in [0.29, 0.717) is 11.5 Å². The molecule has 3 nitrogen and oxygen atoms in total. The predicted molar refractivity (Wildman–Crippen MR) is 77.8 cm³/mol. The molecule has 108 valence electrons. The van der Waals surface area contributed by atoms with Crippen LogP contribution in [0.4, 0.5) is 0 Å². The van der Waals surface area contributed by atoms with Gasteiger partial charge in [0, 0.05) is 32.2 Å². The van der Waals surface area contributed by atoms with Crippen LogP contribution in [0, 0.1) is 5.41 Å². The number of β-amino-alcohol motifs (C(OH)–C–C–N with tert-alkyl or cyclic N) is 1. The maximum atomic E-state index is 10.1. The molecule has 0 aromatic heterocycles. The van der Waals surface area contributed by atoms with Gasteiger partial charge < -0.3 is 10.4 Å². The predicted octanol–water partition coefficient (Wildman–Crippen LogP) is 2.25. The molecule has 3 heteroatoms. The summed E-state index contributed by atoms with van der Waals surface area (Å²) in [5.41, 5.74) is -0.155. The van der Waals surface area contributed by atoms with Gasteiger partial charge in [-0.15, -0.1) is 0 Å². The summed E-state index contributed by atoms with van der Waals surface area (Å²) in [5, 5.41) is 13.6. The molecule has 0 aliphatic carbocycles. The molecule has 0 spiro atoms. The van der Waals surface area contributed by atoms with E-state index in [4.69, 9.17) is 0 Å². The summed E-state index contributed by atoms with van der Waals surface area (Å²) in [6.45, 7) is 15.0. The zero-order valence-electron chi connectivity index (χ0n) is 12.9. The summed E-state index contributed by atoms with van der Waals surface area (Å²) in [4.78, 5) is 2.43. The molecule has 0 saturated carbocycles. The molecule has 2 unspecified atom stereocenters. The van der Waals surface area contributed by atoms with Gasteiger partial charge >= 0.3 is 0 Å². The van der Waals surface area contributed by atoms with Gasteiger partial charge in [0.15, 0.2) is 0 Å². The third-order valence-electron chi connectivity index (χ3n) is 3.93. The van der Waals surface area contributed by atoms with Crippen molar-refractivity contribution in [3.8, 4) is 0 Å². The summed E-state index contributed by atoms with van der Waals surface area (Å²) in [6, 6.07) is 0.544. The van der Waals surface area contributed by atoms with E-state index < -0.39 is 5.60 Å². The molecule has 1 fully saturated rings. The fourth-order valence-electron chi connectivity index (χ4n) is 2.99. The second-order valence-electron chi connectivity index (χ2n) is 7.05. The van der Waals surface area contributed by atoms with Gasteiger partial charge in [0.05, 0.1) is 5.60 Å². The fraction of sp³-hybridized carbons (Fsp3) is 1.00. The van der Waals surface area contributed by atoms with Crippen molar-refractivity contribution in [3.63, 3.8) is 0 Å². The Kier molecular flexibility index (Phi) is 5.63. The van der Waals surface area contributed by atoms with Crippen LogP contribution in [-0.2, 0) is 0 Å². The number of likely N-dealkylation sites (tertiary alicyclic amines) is 1. The van der Waals surface area contributed by atoms with E-state index in [1.807, 2.05) is 6.92 Å². The van der Waals surface area contributed by atoms with E-state index in [9.17, 15) is 5.11 Å². The van der Waals surface area contributed by atoms with E-state index in [-0.39, 0.29) is 0 Å². The number of aliphatic hydroxyl groups is 1. The van der Waals surface area contributed by atoms with Crippen molar-refractivity contribution in [2.24, 2.45) is 5.41 Å². The van der Waals surface area contributed by atoms with Gasteiger partial charge in [-0.1, -0.05) is 34.1 Å². The monoisotopic (exact) mass is 256 g/mol. The lowest BCUT2D eigenvalue weighted by molar-refractivity contribution is 0.0607. The van der Waals surface area contributed by atoms with Crippen LogP contribution >= 0.6 is 0 Å². The van der Waals surface area contributed by atoms with Gasteiger partial charge in [0.2, 0.25) is 0 Å². The Bertz CT molecular complexity index is 253. The first-order chi connectivity index (χ1) is 8.26. The van der Waals surface area contributed by atoms with E-state index in [1.165, 1.54) is 12.8 Å². The summed E-state index contributed by atoms with van der Waals surface area (Å²) in [6.07, 6.45) is 3.37. The summed E-state index contributed by atoms with van der Waals surface area (Å²) in [7, 11) is 0. The van der Waals surface area contributed by atoms with Gasteiger partial charge in [-0.3, -0.25) is 4.90 Å². The third kappa shape index (κ3) is 5.25. The molecule has 0 radical (unpaired) electrons. The van der Waals surface area contributed by atoms with Crippen LogP contribution in [0.1, 0.15) is 53.9 Å². The van der Waals surface area contributed by atoms with Crippen molar-refractivity contribution >= 4 is 0 Å². The fourth-order valence-corrected chi connectivity index (χ4v) is 2.99. The lowest BCUT2D eigenvalue weighted by atomic mass is 9.84. The molecule has 1 aliphatic heterocycles. The highest BCUT2D eigenvalue weighted by atomic mass is 16.3. The maximum absolute atomic E-state index is 10.1. The van der Waals surface area contributed by atoms with Crippen LogP contribution < -0.4 is 5.32 Å². The van der Waals surface area contributed by atoms with Crippen molar-refractivity contribution < 1.29 is 5.11 Å². The largest absolute Gasteiger partial charge is 0.389 e. The van der Waals surface area contributed by atoms with Crippen molar-refractivity contribution in [3.05, 3.63) is 0 Å². The summed E-state index contributed by atoms with van der Waals surface area (Å²) in [5.74, 6) is 0. The highest BCUT2D eigenvalue weighted by molar-refractivity contribution is 4.90. The van der Waals surface area contributed by atoms with Gasteiger partial charge in [0.25, 0.3) is 0 Å². The second kappa shape index (κ2) is 6.36. The lowest BCUT2D eigenvalue weighted by Gasteiger charge is -2.35. The average Bonchev–Trinajstić information content (AvgIpc) is 2.55. The van der Waals surface area contributed by atoms with E-state index in [0.717, 1.165) is 32.6 Å². The first-order valence-corrected chi connectivity index (χ1v) is 7.44. The number of nitrogens with zero attached hydrogens (tertiary/aromatic N) is 1. The smallest absolute Gasteiger partial charge is 0.0758 e. The second-order valence-corrected chi connectivity index (χ2v) is 7.05. The molecule has 0 aromatic rings. The molecule has 2 atom stereocenters. The first kappa shape index (κ1) is 15.9. The third-order valence-corrected chi connectivity index (χ3v) is 3.93. The van der Waals surface area contributed by atoms with Crippen LogP contribution in [0.15, 0.2) is 0 Å². The molecule has 0 bridgehead atoms. The van der Waals surface area contributed by atoms with Gasteiger partial charge in [-0.25, -0.2) is 0 Å². The minimum atomic E-state index is -0.474. The van der Waals surface area contributed by atoms with Gasteiger partial charge in [-0.2, -0.15) is 0 Å².